The molecule has 0 aromatic heterocycles. The Labute approximate surface area is 86.9 Å². The third kappa shape index (κ3) is 3.59. The highest BCUT2D eigenvalue weighted by Gasteiger charge is 2.34. The quantitative estimate of drug-likeness (QED) is 0.662. The second-order valence-corrected chi connectivity index (χ2v) is 5.81. The van der Waals surface area contributed by atoms with Gasteiger partial charge >= 0.3 is 0 Å². The van der Waals surface area contributed by atoms with E-state index in [-0.39, 0.29) is 22.1 Å². The van der Waals surface area contributed by atoms with Gasteiger partial charge in [0.25, 0.3) is 0 Å². The number of rotatable bonds is 2. The van der Waals surface area contributed by atoms with Gasteiger partial charge in [0.05, 0.1) is 5.25 Å². The summed E-state index contributed by atoms with van der Waals surface area (Å²) in [7, 11) is 0. The predicted octanol–water partition coefficient (Wildman–Crippen LogP) is 2.25. The van der Waals surface area contributed by atoms with Crippen LogP contribution in [0.3, 0.4) is 0 Å². The fourth-order valence-electron chi connectivity index (χ4n) is 0.600. The normalized spacial score (nSPS) is 15.3. The van der Waals surface area contributed by atoms with E-state index in [4.69, 9.17) is 0 Å². The van der Waals surface area contributed by atoms with Crippen LogP contribution in [0, 0.1) is 5.41 Å². The molecule has 0 heterocycles. The maximum atomic E-state index is 11.4. The van der Waals surface area contributed by atoms with E-state index in [1.807, 2.05) is 13.8 Å². The number of amides is 1. The van der Waals surface area contributed by atoms with Gasteiger partial charge in [-0.1, -0.05) is 20.8 Å². The van der Waals surface area contributed by atoms with Gasteiger partial charge in [0.2, 0.25) is 5.91 Å². The zero-order valence-corrected chi connectivity index (χ0v) is 10.3. The van der Waals surface area contributed by atoms with Crippen molar-refractivity contribution < 1.29 is 4.79 Å². The SMILES string of the molecule is CC(S)C(=O)NC(C)(C)C(C)(C)C. The zero-order valence-electron chi connectivity index (χ0n) is 9.43. The van der Waals surface area contributed by atoms with Gasteiger partial charge in [-0.2, -0.15) is 12.6 Å². The topological polar surface area (TPSA) is 29.1 Å². The second-order valence-electron chi connectivity index (χ2n) is 5.04. The van der Waals surface area contributed by atoms with E-state index in [0.717, 1.165) is 0 Å². The van der Waals surface area contributed by atoms with Crippen molar-refractivity contribution in [3.8, 4) is 0 Å². The van der Waals surface area contributed by atoms with Crippen molar-refractivity contribution in [2.45, 2.75) is 52.3 Å². The molecule has 0 rings (SSSR count). The van der Waals surface area contributed by atoms with Crippen LogP contribution in [0.15, 0.2) is 0 Å². The summed E-state index contributed by atoms with van der Waals surface area (Å²) in [6, 6.07) is 0. The Morgan fingerprint density at radius 3 is 1.85 bits per heavy atom. The molecule has 0 bridgehead atoms. The summed E-state index contributed by atoms with van der Waals surface area (Å²) in [5.74, 6) is -0.0109. The van der Waals surface area contributed by atoms with Gasteiger partial charge < -0.3 is 5.32 Å². The smallest absolute Gasteiger partial charge is 0.232 e. The zero-order chi connectivity index (χ0) is 10.9. The average Bonchev–Trinajstić information content (AvgIpc) is 1.83. The molecule has 0 aliphatic carbocycles. The Balaban J connectivity index is 4.44. The third-order valence-corrected chi connectivity index (χ3v) is 2.92. The molecule has 0 fully saturated rings. The number of hydrogen-bond donors (Lipinski definition) is 2. The van der Waals surface area contributed by atoms with Crippen LogP contribution in [0.25, 0.3) is 0 Å². The van der Waals surface area contributed by atoms with Crippen LogP contribution in [-0.2, 0) is 4.79 Å². The fraction of sp³-hybridized carbons (Fsp3) is 0.900. The monoisotopic (exact) mass is 203 g/mol. The Hall–Kier alpha value is -0.180. The lowest BCUT2D eigenvalue weighted by molar-refractivity contribution is -0.123. The molecule has 78 valence electrons. The van der Waals surface area contributed by atoms with E-state index in [2.05, 4.69) is 38.7 Å². The molecule has 0 spiro atoms. The summed E-state index contributed by atoms with van der Waals surface area (Å²) in [6.45, 7) is 12.2. The molecule has 0 saturated heterocycles. The summed E-state index contributed by atoms with van der Waals surface area (Å²) < 4.78 is 0. The van der Waals surface area contributed by atoms with Crippen LogP contribution in [0.5, 0.6) is 0 Å². The van der Waals surface area contributed by atoms with Crippen LogP contribution in [0.2, 0.25) is 0 Å². The molecule has 3 heteroatoms. The van der Waals surface area contributed by atoms with Gasteiger partial charge in [-0.3, -0.25) is 4.79 Å². The average molecular weight is 203 g/mol. The summed E-state index contributed by atoms with van der Waals surface area (Å²) in [5.41, 5.74) is -0.160. The molecule has 2 nitrogen and oxygen atoms in total. The molecule has 0 aromatic rings. The molecule has 0 aliphatic rings. The van der Waals surface area contributed by atoms with Gasteiger partial charge in [-0.25, -0.2) is 0 Å². The van der Waals surface area contributed by atoms with Crippen molar-refractivity contribution in [2.75, 3.05) is 0 Å². The lowest BCUT2D eigenvalue weighted by Crippen LogP contribution is -2.54. The molecular weight excluding hydrogens is 182 g/mol. The van der Waals surface area contributed by atoms with Crippen LogP contribution in [0.4, 0.5) is 0 Å². The summed E-state index contributed by atoms with van der Waals surface area (Å²) in [4.78, 5) is 11.4. The second kappa shape index (κ2) is 3.91. The van der Waals surface area contributed by atoms with Gasteiger partial charge in [-0.05, 0) is 26.2 Å². The molecule has 0 aromatic carbocycles. The minimum absolute atomic E-state index is 0.0109. The van der Waals surface area contributed by atoms with E-state index in [1.165, 1.54) is 0 Å². The largest absolute Gasteiger partial charge is 0.350 e. The van der Waals surface area contributed by atoms with Crippen molar-refractivity contribution in [2.24, 2.45) is 5.41 Å². The minimum Gasteiger partial charge on any atom is -0.350 e. The third-order valence-electron chi connectivity index (χ3n) is 2.69. The molecule has 0 aliphatic heterocycles. The maximum absolute atomic E-state index is 11.4. The Morgan fingerprint density at radius 1 is 1.23 bits per heavy atom. The first-order valence-corrected chi connectivity index (χ1v) is 5.09. The highest BCUT2D eigenvalue weighted by atomic mass is 32.1. The predicted molar refractivity (Wildman–Crippen MR) is 60.1 cm³/mol. The van der Waals surface area contributed by atoms with E-state index >= 15 is 0 Å². The molecule has 0 radical (unpaired) electrons. The van der Waals surface area contributed by atoms with E-state index in [0.29, 0.717) is 0 Å². The highest BCUT2D eigenvalue weighted by Crippen LogP contribution is 2.29. The number of carbonyl (C=O) groups excluding carboxylic acids is 1. The van der Waals surface area contributed by atoms with Crippen LogP contribution >= 0.6 is 12.6 Å². The number of hydrogen-bond acceptors (Lipinski definition) is 2. The number of thiol groups is 1. The first kappa shape index (κ1) is 12.8. The lowest BCUT2D eigenvalue weighted by Gasteiger charge is -2.39. The highest BCUT2D eigenvalue weighted by molar-refractivity contribution is 7.81. The van der Waals surface area contributed by atoms with E-state index in [9.17, 15) is 4.79 Å². The molecule has 13 heavy (non-hydrogen) atoms. The van der Waals surface area contributed by atoms with Crippen LogP contribution in [-0.4, -0.2) is 16.7 Å². The Morgan fingerprint density at radius 2 is 1.62 bits per heavy atom. The standard InChI is InChI=1S/C10H21NOS/c1-7(13)8(12)11-10(5,6)9(2,3)4/h7,13H,1-6H3,(H,11,12). The minimum atomic E-state index is -0.248. The van der Waals surface area contributed by atoms with Crippen molar-refractivity contribution in [3.63, 3.8) is 0 Å². The van der Waals surface area contributed by atoms with Gasteiger partial charge in [0.1, 0.15) is 0 Å². The number of nitrogens with one attached hydrogen (secondary N) is 1. The van der Waals surface area contributed by atoms with Crippen molar-refractivity contribution in [3.05, 3.63) is 0 Å². The van der Waals surface area contributed by atoms with E-state index in [1.54, 1.807) is 6.92 Å². The molecule has 0 saturated carbocycles. The van der Waals surface area contributed by atoms with Crippen molar-refractivity contribution in [1.29, 1.82) is 0 Å². The maximum Gasteiger partial charge on any atom is 0.232 e. The first-order chi connectivity index (χ1) is 5.58. The van der Waals surface area contributed by atoms with Crippen LogP contribution < -0.4 is 5.32 Å². The summed E-state index contributed by atoms with van der Waals surface area (Å²) >= 11 is 4.09. The molecule has 1 N–H and O–H groups in total. The first-order valence-electron chi connectivity index (χ1n) is 4.58. The van der Waals surface area contributed by atoms with E-state index < -0.39 is 0 Å². The van der Waals surface area contributed by atoms with Gasteiger partial charge in [0, 0.05) is 5.54 Å². The summed E-state index contributed by atoms with van der Waals surface area (Å²) in [6.07, 6.45) is 0. The van der Waals surface area contributed by atoms with Gasteiger partial charge in [0.15, 0.2) is 0 Å². The molecule has 1 atom stereocenters. The lowest BCUT2D eigenvalue weighted by atomic mass is 9.76. The van der Waals surface area contributed by atoms with Crippen molar-refractivity contribution >= 4 is 18.5 Å². The molecular formula is C10H21NOS. The summed E-state index contributed by atoms with van der Waals surface area (Å²) in [5, 5.41) is 2.73. The number of carbonyl (C=O) groups is 1. The Kier molecular flexibility index (Phi) is 3.85. The Bertz CT molecular complexity index is 192. The van der Waals surface area contributed by atoms with Gasteiger partial charge in [-0.15, -0.1) is 0 Å². The molecule has 1 amide bonds. The van der Waals surface area contributed by atoms with Crippen LogP contribution in [0.1, 0.15) is 41.5 Å². The van der Waals surface area contributed by atoms with Crippen molar-refractivity contribution in [1.82, 2.24) is 5.32 Å². The fourth-order valence-corrected chi connectivity index (χ4v) is 0.664. The molecule has 1 unspecified atom stereocenters.